The fraction of sp³-hybridized carbons (Fsp3) is 0.400. The van der Waals surface area contributed by atoms with Crippen LogP contribution in [0.15, 0.2) is 23.6 Å². The zero-order valence-electron chi connectivity index (χ0n) is 17.4. The number of methoxy groups -OCH3 is 2. The van der Waals surface area contributed by atoms with E-state index < -0.39 is 33.4 Å². The van der Waals surface area contributed by atoms with Crippen LogP contribution in [0.25, 0.3) is 0 Å². The molecule has 1 aromatic carbocycles. The van der Waals surface area contributed by atoms with Crippen molar-refractivity contribution in [3.8, 4) is 11.5 Å². The molecule has 3 rings (SSSR count). The normalized spacial score (nSPS) is 14.8. The number of carbonyl (C=O) groups is 2. The molecule has 1 unspecified atom stereocenters. The number of carbonyl (C=O) groups excluding carboxylic acids is 2. The van der Waals surface area contributed by atoms with Gasteiger partial charge in [-0.15, -0.1) is 11.3 Å². The monoisotopic (exact) mass is 452 g/mol. The van der Waals surface area contributed by atoms with E-state index in [-0.39, 0.29) is 17.2 Å². The molecular weight excluding hydrogens is 428 g/mol. The first kappa shape index (κ1) is 22.1. The highest BCUT2D eigenvalue weighted by atomic mass is 32.2. The molecule has 1 aliphatic heterocycles. The van der Waals surface area contributed by atoms with Crippen LogP contribution in [0.5, 0.6) is 11.5 Å². The van der Waals surface area contributed by atoms with Gasteiger partial charge in [0, 0.05) is 17.7 Å². The van der Waals surface area contributed by atoms with Gasteiger partial charge in [-0.3, -0.25) is 14.5 Å². The number of thiophene rings is 1. The molecule has 2 aromatic rings. The van der Waals surface area contributed by atoms with Crippen LogP contribution in [0.3, 0.4) is 0 Å². The molecule has 0 spiro atoms. The summed E-state index contributed by atoms with van der Waals surface area (Å²) in [5.74, 6) is -0.584. The summed E-state index contributed by atoms with van der Waals surface area (Å²) < 4.78 is 34.9. The number of ether oxygens (including phenoxy) is 2. The lowest BCUT2D eigenvalue weighted by atomic mass is 10.1. The van der Waals surface area contributed by atoms with Crippen LogP contribution in [0.4, 0.5) is 5.00 Å². The van der Waals surface area contributed by atoms with Crippen LogP contribution in [-0.2, 0) is 9.84 Å². The van der Waals surface area contributed by atoms with Crippen LogP contribution in [0.2, 0.25) is 0 Å². The van der Waals surface area contributed by atoms with E-state index >= 15 is 0 Å². The van der Waals surface area contributed by atoms with Crippen LogP contribution in [0.1, 0.15) is 46.2 Å². The van der Waals surface area contributed by atoms with Gasteiger partial charge < -0.3 is 14.8 Å². The summed E-state index contributed by atoms with van der Waals surface area (Å²) in [5.41, 5.74) is 1.04. The second-order valence-corrected chi connectivity index (χ2v) is 10.4. The molecule has 2 heterocycles. The molecule has 162 valence electrons. The molecular formula is C20H24N2O6S2. The number of amides is 2. The van der Waals surface area contributed by atoms with Crippen LogP contribution >= 0.6 is 11.3 Å². The summed E-state index contributed by atoms with van der Waals surface area (Å²) >= 11 is 1.29. The van der Waals surface area contributed by atoms with E-state index in [4.69, 9.17) is 9.47 Å². The third kappa shape index (κ3) is 4.15. The minimum absolute atomic E-state index is 0.0716. The van der Waals surface area contributed by atoms with E-state index in [9.17, 15) is 18.0 Å². The van der Waals surface area contributed by atoms with Gasteiger partial charge in [0.25, 0.3) is 11.8 Å². The Kier molecular flexibility index (Phi) is 6.09. The quantitative estimate of drug-likeness (QED) is 0.614. The molecule has 0 fully saturated rings. The van der Waals surface area contributed by atoms with E-state index in [1.165, 1.54) is 25.6 Å². The molecule has 0 bridgehead atoms. The summed E-state index contributed by atoms with van der Waals surface area (Å²) in [7, 11) is -0.577. The van der Waals surface area contributed by atoms with Crippen LogP contribution < -0.4 is 14.8 Å². The van der Waals surface area contributed by atoms with Crippen molar-refractivity contribution in [2.75, 3.05) is 31.5 Å². The number of sulfone groups is 1. The number of nitrogens with one attached hydrogen (secondary N) is 1. The molecule has 1 aromatic heterocycles. The highest BCUT2D eigenvalue weighted by molar-refractivity contribution is 7.90. The predicted octanol–water partition coefficient (Wildman–Crippen LogP) is 2.97. The Bertz CT molecular complexity index is 1090. The molecule has 30 heavy (non-hydrogen) atoms. The van der Waals surface area contributed by atoms with Gasteiger partial charge in [-0.05, 0) is 31.5 Å². The summed E-state index contributed by atoms with van der Waals surface area (Å²) in [4.78, 5) is 27.4. The number of anilines is 1. The molecule has 0 radical (unpaired) electrons. The van der Waals surface area contributed by atoms with Crippen molar-refractivity contribution < 1.29 is 27.5 Å². The van der Waals surface area contributed by atoms with Gasteiger partial charge in [0.15, 0.2) is 11.5 Å². The maximum atomic E-state index is 13.3. The Balaban J connectivity index is 2.08. The van der Waals surface area contributed by atoms with Gasteiger partial charge in [0.05, 0.1) is 37.1 Å². The minimum atomic E-state index is -3.52. The predicted molar refractivity (Wildman–Crippen MR) is 116 cm³/mol. The van der Waals surface area contributed by atoms with Crippen LogP contribution in [-0.4, -0.2) is 57.4 Å². The summed E-state index contributed by atoms with van der Waals surface area (Å²) in [6.07, 6.45) is 1.08. The van der Waals surface area contributed by atoms with Crippen molar-refractivity contribution in [3.63, 3.8) is 0 Å². The van der Waals surface area contributed by atoms with Gasteiger partial charge in [0.2, 0.25) is 0 Å². The van der Waals surface area contributed by atoms with E-state index in [1.807, 2.05) is 13.8 Å². The van der Waals surface area contributed by atoms with Crippen molar-refractivity contribution in [1.82, 2.24) is 4.90 Å². The third-order valence-electron chi connectivity index (χ3n) is 4.66. The van der Waals surface area contributed by atoms with E-state index in [0.29, 0.717) is 22.1 Å². The van der Waals surface area contributed by atoms with Crippen molar-refractivity contribution in [2.45, 2.75) is 25.9 Å². The molecule has 0 aliphatic carbocycles. The smallest absolute Gasteiger partial charge is 0.265 e. The van der Waals surface area contributed by atoms with E-state index in [2.05, 4.69) is 5.32 Å². The lowest BCUT2D eigenvalue weighted by Crippen LogP contribution is -2.38. The second-order valence-electron chi connectivity index (χ2n) is 7.36. The highest BCUT2D eigenvalue weighted by Crippen LogP contribution is 2.41. The summed E-state index contributed by atoms with van der Waals surface area (Å²) in [6.45, 7) is 3.86. The van der Waals surface area contributed by atoms with Gasteiger partial charge in [-0.1, -0.05) is 6.07 Å². The van der Waals surface area contributed by atoms with Crippen molar-refractivity contribution in [2.24, 2.45) is 0 Å². The van der Waals surface area contributed by atoms with Crippen molar-refractivity contribution in [1.29, 1.82) is 0 Å². The maximum Gasteiger partial charge on any atom is 0.265 e. The lowest BCUT2D eigenvalue weighted by molar-refractivity contribution is 0.0597. The summed E-state index contributed by atoms with van der Waals surface area (Å²) in [6, 6.07) is 3.92. The second kappa shape index (κ2) is 8.27. The molecule has 8 nitrogen and oxygen atoms in total. The Morgan fingerprint density at radius 1 is 1.10 bits per heavy atom. The van der Waals surface area contributed by atoms with Crippen molar-refractivity contribution in [3.05, 3.63) is 40.3 Å². The van der Waals surface area contributed by atoms with Gasteiger partial charge in [-0.2, -0.15) is 0 Å². The first-order chi connectivity index (χ1) is 14.1. The Hall–Kier alpha value is -2.59. The standard InChI is InChI=1S/C20H24N2O6S2/c1-11(2)21-18-17-13(9-29-18)19(23)22(20(17)24)14(10-30(5,25)26)12-6-7-15(27-3)16(8-12)28-4/h6-9,11,14,21H,10H2,1-5H3. The number of rotatable bonds is 8. The van der Waals surface area contributed by atoms with E-state index in [1.54, 1.807) is 23.6 Å². The first-order valence-electron chi connectivity index (χ1n) is 9.23. The molecule has 2 amide bonds. The SMILES string of the molecule is COc1ccc(C(CS(C)(=O)=O)N2C(=O)c3csc(NC(C)C)c3C2=O)cc1OC. The number of nitrogens with zero attached hydrogens (tertiary/aromatic N) is 1. The molecule has 1 atom stereocenters. The fourth-order valence-electron chi connectivity index (χ4n) is 3.39. The maximum absolute atomic E-state index is 13.3. The minimum Gasteiger partial charge on any atom is -0.493 e. The lowest BCUT2D eigenvalue weighted by Gasteiger charge is -2.27. The topological polar surface area (TPSA) is 102 Å². The average Bonchev–Trinajstić information content (AvgIpc) is 3.18. The largest absolute Gasteiger partial charge is 0.493 e. The fourth-order valence-corrected chi connectivity index (χ4v) is 5.38. The Labute approximate surface area is 179 Å². The van der Waals surface area contributed by atoms with Gasteiger partial charge in [-0.25, -0.2) is 8.42 Å². The molecule has 0 saturated carbocycles. The Morgan fingerprint density at radius 2 is 1.77 bits per heavy atom. The zero-order valence-corrected chi connectivity index (χ0v) is 19.0. The van der Waals surface area contributed by atoms with Crippen LogP contribution in [0, 0.1) is 0 Å². The molecule has 0 saturated heterocycles. The zero-order chi connectivity index (χ0) is 22.2. The van der Waals surface area contributed by atoms with Crippen molar-refractivity contribution >= 4 is 38.0 Å². The van der Waals surface area contributed by atoms with Gasteiger partial charge in [0.1, 0.15) is 14.8 Å². The first-order valence-corrected chi connectivity index (χ1v) is 12.2. The number of hydrogen-bond acceptors (Lipinski definition) is 8. The van der Waals surface area contributed by atoms with E-state index in [0.717, 1.165) is 11.2 Å². The third-order valence-corrected chi connectivity index (χ3v) is 6.49. The molecule has 1 N–H and O–H groups in total. The number of imide groups is 1. The average molecular weight is 453 g/mol. The highest BCUT2D eigenvalue weighted by Gasteiger charge is 2.44. The number of benzene rings is 1. The Morgan fingerprint density at radius 3 is 2.33 bits per heavy atom. The number of fused-ring (bicyclic) bond motifs is 1. The summed E-state index contributed by atoms with van der Waals surface area (Å²) in [5, 5.41) is 5.42. The molecule has 10 heteroatoms. The van der Waals surface area contributed by atoms with Gasteiger partial charge >= 0.3 is 0 Å². The molecule has 1 aliphatic rings. The number of hydrogen-bond donors (Lipinski definition) is 1.